The molecule has 3 nitrogen and oxygen atoms in total. The van der Waals surface area contributed by atoms with E-state index in [1.165, 1.54) is 0 Å². The lowest BCUT2D eigenvalue weighted by Crippen LogP contribution is -1.94. The predicted molar refractivity (Wildman–Crippen MR) is 88.0 cm³/mol. The van der Waals surface area contributed by atoms with Gasteiger partial charge in [-0.2, -0.15) is 0 Å². The predicted octanol–water partition coefficient (Wildman–Crippen LogP) is 4.68. The lowest BCUT2D eigenvalue weighted by atomic mass is 9.98. The van der Waals surface area contributed by atoms with E-state index >= 15 is 0 Å². The van der Waals surface area contributed by atoms with Crippen LogP contribution in [0.25, 0.3) is 21.9 Å². The van der Waals surface area contributed by atoms with Crippen LogP contribution in [-0.4, -0.2) is 19.2 Å². The maximum absolute atomic E-state index is 5.51. The molecule has 106 valence electrons. The molecular formula is C17H14BrNO2. The maximum Gasteiger partial charge on any atom is 0.130 e. The molecule has 0 saturated carbocycles. The van der Waals surface area contributed by atoms with E-state index in [-0.39, 0.29) is 0 Å². The summed E-state index contributed by atoms with van der Waals surface area (Å²) in [6.07, 6.45) is 3.65. The highest BCUT2D eigenvalue weighted by atomic mass is 79.9. The fraction of sp³-hybridized carbons (Fsp3) is 0.118. The van der Waals surface area contributed by atoms with Crippen LogP contribution in [0.1, 0.15) is 0 Å². The van der Waals surface area contributed by atoms with E-state index in [9.17, 15) is 0 Å². The van der Waals surface area contributed by atoms with Gasteiger partial charge in [0.2, 0.25) is 0 Å². The van der Waals surface area contributed by atoms with Crippen molar-refractivity contribution in [2.75, 3.05) is 14.2 Å². The SMILES string of the molecule is COc1cccc(OC)c1-c1ccc(Br)c2ccncc12. The number of hydrogen-bond acceptors (Lipinski definition) is 3. The van der Waals surface area contributed by atoms with Gasteiger partial charge in [-0.15, -0.1) is 0 Å². The molecule has 0 spiro atoms. The number of pyridine rings is 1. The third-order valence-corrected chi connectivity index (χ3v) is 4.15. The van der Waals surface area contributed by atoms with Gasteiger partial charge in [0.15, 0.2) is 0 Å². The summed E-state index contributed by atoms with van der Waals surface area (Å²) in [7, 11) is 3.33. The highest BCUT2D eigenvalue weighted by Gasteiger charge is 2.15. The summed E-state index contributed by atoms with van der Waals surface area (Å²) in [5, 5.41) is 2.16. The minimum atomic E-state index is 0.779. The second kappa shape index (κ2) is 5.74. The largest absolute Gasteiger partial charge is 0.496 e. The Bertz CT molecular complexity index is 780. The summed E-state index contributed by atoms with van der Waals surface area (Å²) in [5.74, 6) is 1.56. The Balaban J connectivity index is 2.39. The van der Waals surface area contributed by atoms with Crippen molar-refractivity contribution in [3.05, 3.63) is 53.3 Å². The molecule has 0 aliphatic heterocycles. The molecule has 3 rings (SSSR count). The first kappa shape index (κ1) is 13.9. The van der Waals surface area contributed by atoms with Crippen LogP contribution < -0.4 is 9.47 Å². The van der Waals surface area contributed by atoms with E-state index in [2.05, 4.69) is 27.0 Å². The number of hydrogen-bond donors (Lipinski definition) is 0. The number of fused-ring (bicyclic) bond motifs is 1. The summed E-state index contributed by atoms with van der Waals surface area (Å²) in [4.78, 5) is 4.25. The molecule has 0 amide bonds. The van der Waals surface area contributed by atoms with Crippen LogP contribution in [0.4, 0.5) is 0 Å². The van der Waals surface area contributed by atoms with Gasteiger partial charge in [-0.05, 0) is 35.2 Å². The van der Waals surface area contributed by atoms with E-state index in [4.69, 9.17) is 9.47 Å². The van der Waals surface area contributed by atoms with Crippen LogP contribution in [0, 0.1) is 0 Å². The lowest BCUT2D eigenvalue weighted by molar-refractivity contribution is 0.397. The standard InChI is InChI=1S/C17H14BrNO2/c1-20-15-4-3-5-16(21-2)17(15)12-6-7-14(18)11-8-9-19-10-13(11)12/h3-10H,1-2H3. The zero-order valence-electron chi connectivity index (χ0n) is 11.8. The summed E-state index contributed by atoms with van der Waals surface area (Å²) < 4.78 is 12.1. The smallest absolute Gasteiger partial charge is 0.130 e. The van der Waals surface area contributed by atoms with E-state index in [0.717, 1.165) is 37.9 Å². The van der Waals surface area contributed by atoms with Gasteiger partial charge in [0.1, 0.15) is 11.5 Å². The Kier molecular flexibility index (Phi) is 3.80. The maximum atomic E-state index is 5.51. The third kappa shape index (κ3) is 2.36. The second-order valence-electron chi connectivity index (χ2n) is 4.55. The van der Waals surface area contributed by atoms with Gasteiger partial charge in [-0.3, -0.25) is 4.98 Å². The minimum absolute atomic E-state index is 0.779. The number of methoxy groups -OCH3 is 2. The average molecular weight is 344 g/mol. The fourth-order valence-electron chi connectivity index (χ4n) is 2.49. The number of benzene rings is 2. The number of aromatic nitrogens is 1. The topological polar surface area (TPSA) is 31.4 Å². The molecule has 0 aliphatic carbocycles. The van der Waals surface area contributed by atoms with Crippen molar-refractivity contribution in [3.63, 3.8) is 0 Å². The van der Waals surface area contributed by atoms with Gasteiger partial charge in [-0.25, -0.2) is 0 Å². The van der Waals surface area contributed by atoms with Gasteiger partial charge in [0.25, 0.3) is 0 Å². The molecule has 0 aliphatic rings. The molecule has 0 saturated heterocycles. The van der Waals surface area contributed by atoms with Crippen LogP contribution in [-0.2, 0) is 0 Å². The number of nitrogens with zero attached hydrogens (tertiary/aromatic N) is 1. The molecule has 0 N–H and O–H groups in total. The van der Waals surface area contributed by atoms with Gasteiger partial charge >= 0.3 is 0 Å². The normalized spacial score (nSPS) is 10.6. The molecule has 2 aromatic carbocycles. The van der Waals surface area contributed by atoms with Crippen molar-refractivity contribution in [2.45, 2.75) is 0 Å². The minimum Gasteiger partial charge on any atom is -0.496 e. The zero-order chi connectivity index (χ0) is 14.8. The molecule has 1 heterocycles. The van der Waals surface area contributed by atoms with Gasteiger partial charge in [0, 0.05) is 22.3 Å². The van der Waals surface area contributed by atoms with Crippen LogP contribution in [0.15, 0.2) is 53.3 Å². The van der Waals surface area contributed by atoms with Crippen LogP contribution >= 0.6 is 15.9 Å². The summed E-state index contributed by atoms with van der Waals surface area (Å²) in [6.45, 7) is 0. The van der Waals surface area contributed by atoms with Gasteiger partial charge in [-0.1, -0.05) is 28.1 Å². The number of halogens is 1. The summed E-state index contributed by atoms with van der Waals surface area (Å²) >= 11 is 3.58. The summed E-state index contributed by atoms with van der Waals surface area (Å²) in [6, 6.07) is 11.9. The molecule has 0 radical (unpaired) electrons. The molecule has 0 fully saturated rings. The average Bonchev–Trinajstić information content (AvgIpc) is 2.55. The monoisotopic (exact) mass is 343 g/mol. The first-order chi connectivity index (χ1) is 10.3. The van der Waals surface area contributed by atoms with Crippen molar-refractivity contribution >= 4 is 26.7 Å². The molecule has 0 atom stereocenters. The second-order valence-corrected chi connectivity index (χ2v) is 5.41. The molecule has 1 aromatic heterocycles. The quantitative estimate of drug-likeness (QED) is 0.691. The lowest BCUT2D eigenvalue weighted by Gasteiger charge is -2.15. The summed E-state index contributed by atoms with van der Waals surface area (Å²) in [5.41, 5.74) is 1.98. The highest BCUT2D eigenvalue weighted by molar-refractivity contribution is 9.10. The fourth-order valence-corrected chi connectivity index (χ4v) is 2.97. The number of ether oxygens (including phenoxy) is 2. The third-order valence-electron chi connectivity index (χ3n) is 3.46. The van der Waals surface area contributed by atoms with E-state index in [1.54, 1.807) is 20.4 Å². The Hall–Kier alpha value is -2.07. The first-order valence-corrected chi connectivity index (χ1v) is 7.29. The van der Waals surface area contributed by atoms with E-state index in [0.29, 0.717) is 0 Å². The molecule has 4 heteroatoms. The Labute approximate surface area is 131 Å². The van der Waals surface area contributed by atoms with Crippen LogP contribution in [0.3, 0.4) is 0 Å². The van der Waals surface area contributed by atoms with E-state index < -0.39 is 0 Å². The molecule has 0 unspecified atom stereocenters. The molecule has 21 heavy (non-hydrogen) atoms. The Morgan fingerprint density at radius 2 is 1.62 bits per heavy atom. The van der Waals surface area contributed by atoms with Crippen molar-refractivity contribution in [3.8, 4) is 22.6 Å². The highest BCUT2D eigenvalue weighted by Crippen LogP contribution is 2.42. The van der Waals surface area contributed by atoms with Gasteiger partial charge in [0.05, 0.1) is 19.8 Å². The van der Waals surface area contributed by atoms with Gasteiger partial charge < -0.3 is 9.47 Å². The van der Waals surface area contributed by atoms with E-state index in [1.807, 2.05) is 36.5 Å². The van der Waals surface area contributed by atoms with Crippen molar-refractivity contribution in [1.29, 1.82) is 0 Å². The van der Waals surface area contributed by atoms with Crippen molar-refractivity contribution in [2.24, 2.45) is 0 Å². The molecule has 3 aromatic rings. The Morgan fingerprint density at radius 3 is 2.29 bits per heavy atom. The first-order valence-electron chi connectivity index (χ1n) is 6.50. The van der Waals surface area contributed by atoms with Crippen molar-refractivity contribution in [1.82, 2.24) is 4.98 Å². The molecular weight excluding hydrogens is 330 g/mol. The van der Waals surface area contributed by atoms with Crippen LogP contribution in [0.5, 0.6) is 11.5 Å². The van der Waals surface area contributed by atoms with Crippen molar-refractivity contribution < 1.29 is 9.47 Å². The Morgan fingerprint density at radius 1 is 0.905 bits per heavy atom. The molecule has 0 bridgehead atoms. The number of rotatable bonds is 3. The van der Waals surface area contributed by atoms with Crippen LogP contribution in [0.2, 0.25) is 0 Å². The zero-order valence-corrected chi connectivity index (χ0v) is 13.3.